The first kappa shape index (κ1) is 15.1. The summed E-state index contributed by atoms with van der Waals surface area (Å²) in [7, 11) is 0. The number of hydrogen-bond acceptors (Lipinski definition) is 2. The van der Waals surface area contributed by atoms with Crippen molar-refractivity contribution in [1.82, 2.24) is 5.32 Å². The van der Waals surface area contributed by atoms with Gasteiger partial charge in [0.05, 0.1) is 0 Å². The third kappa shape index (κ3) is 4.12. The van der Waals surface area contributed by atoms with Crippen molar-refractivity contribution in [2.75, 3.05) is 0 Å². The first-order valence-corrected chi connectivity index (χ1v) is 9.00. The van der Waals surface area contributed by atoms with Crippen LogP contribution in [0, 0.1) is 13.8 Å². The average molecular weight is 362 g/mol. The lowest BCUT2D eigenvalue weighted by molar-refractivity contribution is 0.687. The van der Waals surface area contributed by atoms with Gasteiger partial charge in [-0.25, -0.2) is 0 Å². The predicted octanol–water partition coefficient (Wildman–Crippen LogP) is 5.47. The molecule has 2 aromatic rings. The zero-order valence-corrected chi connectivity index (χ0v) is 14.9. The van der Waals surface area contributed by atoms with Crippen molar-refractivity contribution in [1.29, 1.82) is 0 Å². The molecule has 0 unspecified atom stereocenters. The molecule has 0 amide bonds. The highest BCUT2D eigenvalue weighted by Gasteiger charge is 2.20. The molecule has 3 rings (SSSR count). The Morgan fingerprint density at radius 3 is 2.62 bits per heavy atom. The number of rotatable bonds is 5. The van der Waals surface area contributed by atoms with Gasteiger partial charge in [0.15, 0.2) is 0 Å². The summed E-state index contributed by atoms with van der Waals surface area (Å²) in [6.07, 6.45) is 2.67. The van der Waals surface area contributed by atoms with Gasteiger partial charge >= 0.3 is 0 Å². The Bertz CT molecular complexity index is 650. The van der Waals surface area contributed by atoms with Crippen molar-refractivity contribution in [3.05, 3.63) is 57.6 Å². The summed E-state index contributed by atoms with van der Waals surface area (Å²) in [4.78, 5) is 2.61. The summed E-state index contributed by atoms with van der Waals surface area (Å²) in [5, 5.41) is 3.56. The molecule has 1 nitrogen and oxygen atoms in total. The molecule has 1 aliphatic rings. The van der Waals surface area contributed by atoms with Crippen LogP contribution in [0.3, 0.4) is 0 Å². The predicted molar refractivity (Wildman–Crippen MR) is 94.0 cm³/mol. The van der Waals surface area contributed by atoms with Crippen LogP contribution in [0.15, 0.2) is 50.7 Å². The Hall–Kier alpha value is -0.770. The van der Waals surface area contributed by atoms with E-state index < -0.39 is 0 Å². The highest BCUT2D eigenvalue weighted by atomic mass is 79.9. The molecule has 0 bridgehead atoms. The van der Waals surface area contributed by atoms with Gasteiger partial charge < -0.3 is 5.32 Å². The Balaban J connectivity index is 1.74. The summed E-state index contributed by atoms with van der Waals surface area (Å²) >= 11 is 5.55. The third-order valence-electron chi connectivity index (χ3n) is 3.73. The fourth-order valence-corrected chi connectivity index (χ4v) is 3.89. The molecular formula is C18H20BrNS. The number of benzene rings is 2. The molecule has 3 heteroatoms. The van der Waals surface area contributed by atoms with Gasteiger partial charge in [-0.15, -0.1) is 0 Å². The molecule has 0 atom stereocenters. The van der Waals surface area contributed by atoms with Crippen LogP contribution in [-0.2, 0) is 6.54 Å². The van der Waals surface area contributed by atoms with Gasteiger partial charge in [0, 0.05) is 26.9 Å². The second-order valence-electron chi connectivity index (χ2n) is 5.79. The van der Waals surface area contributed by atoms with E-state index in [-0.39, 0.29) is 0 Å². The van der Waals surface area contributed by atoms with Gasteiger partial charge in [-0.2, -0.15) is 0 Å². The van der Waals surface area contributed by atoms with Crippen LogP contribution in [0.4, 0.5) is 0 Å². The molecule has 0 spiro atoms. The van der Waals surface area contributed by atoms with Crippen LogP contribution in [-0.4, -0.2) is 6.04 Å². The van der Waals surface area contributed by atoms with E-state index in [2.05, 4.69) is 71.5 Å². The van der Waals surface area contributed by atoms with E-state index in [1.807, 2.05) is 11.8 Å². The maximum Gasteiger partial charge on any atom is 0.0318 e. The van der Waals surface area contributed by atoms with E-state index in [9.17, 15) is 0 Å². The quantitative estimate of drug-likeness (QED) is 0.757. The number of nitrogens with one attached hydrogen (secondary N) is 1. The Kier molecular flexibility index (Phi) is 4.72. The van der Waals surface area contributed by atoms with Crippen LogP contribution < -0.4 is 5.32 Å². The van der Waals surface area contributed by atoms with E-state index in [4.69, 9.17) is 0 Å². The molecule has 1 aliphatic carbocycles. The zero-order valence-electron chi connectivity index (χ0n) is 12.4. The summed E-state index contributed by atoms with van der Waals surface area (Å²) < 4.78 is 1.18. The van der Waals surface area contributed by atoms with Gasteiger partial charge in [0.25, 0.3) is 0 Å². The van der Waals surface area contributed by atoms with Crippen LogP contribution in [0.5, 0.6) is 0 Å². The van der Waals surface area contributed by atoms with E-state index in [0.717, 1.165) is 12.6 Å². The number of aryl methyl sites for hydroxylation is 2. The van der Waals surface area contributed by atoms with Gasteiger partial charge in [0.2, 0.25) is 0 Å². The largest absolute Gasteiger partial charge is 0.310 e. The molecule has 110 valence electrons. The molecule has 0 radical (unpaired) electrons. The molecule has 1 N–H and O–H groups in total. The number of halogens is 1. The SMILES string of the molecule is Cc1ccc(C)c(Sc2ccc(CNC3CC3)cc2Br)c1. The molecular weight excluding hydrogens is 342 g/mol. The Morgan fingerprint density at radius 2 is 1.90 bits per heavy atom. The van der Waals surface area contributed by atoms with Crippen molar-refractivity contribution >= 4 is 27.7 Å². The van der Waals surface area contributed by atoms with E-state index in [1.165, 1.54) is 43.8 Å². The van der Waals surface area contributed by atoms with Crippen LogP contribution in [0.2, 0.25) is 0 Å². The Labute approximate surface area is 139 Å². The molecule has 21 heavy (non-hydrogen) atoms. The normalized spacial score (nSPS) is 14.4. The topological polar surface area (TPSA) is 12.0 Å². The van der Waals surface area contributed by atoms with Crippen molar-refractivity contribution in [3.8, 4) is 0 Å². The van der Waals surface area contributed by atoms with Crippen molar-refractivity contribution in [2.45, 2.75) is 49.1 Å². The minimum atomic E-state index is 0.757. The lowest BCUT2D eigenvalue weighted by atomic mass is 10.2. The second-order valence-corrected chi connectivity index (χ2v) is 7.73. The lowest BCUT2D eigenvalue weighted by Gasteiger charge is -2.10. The smallest absolute Gasteiger partial charge is 0.0318 e. The molecule has 0 heterocycles. The molecule has 0 aromatic heterocycles. The van der Waals surface area contributed by atoms with Crippen LogP contribution in [0.25, 0.3) is 0 Å². The fraction of sp³-hybridized carbons (Fsp3) is 0.333. The first-order valence-electron chi connectivity index (χ1n) is 7.39. The van der Waals surface area contributed by atoms with E-state index in [0.29, 0.717) is 0 Å². The lowest BCUT2D eigenvalue weighted by Crippen LogP contribution is -2.15. The monoisotopic (exact) mass is 361 g/mol. The van der Waals surface area contributed by atoms with E-state index >= 15 is 0 Å². The second kappa shape index (κ2) is 6.55. The molecule has 1 fully saturated rings. The minimum absolute atomic E-state index is 0.757. The highest BCUT2D eigenvalue weighted by Crippen LogP contribution is 2.36. The molecule has 1 saturated carbocycles. The molecule has 0 saturated heterocycles. The van der Waals surface area contributed by atoms with Crippen molar-refractivity contribution in [3.63, 3.8) is 0 Å². The van der Waals surface area contributed by atoms with Crippen LogP contribution in [0.1, 0.15) is 29.5 Å². The van der Waals surface area contributed by atoms with Crippen molar-refractivity contribution in [2.24, 2.45) is 0 Å². The minimum Gasteiger partial charge on any atom is -0.310 e. The Morgan fingerprint density at radius 1 is 1.10 bits per heavy atom. The number of hydrogen-bond donors (Lipinski definition) is 1. The van der Waals surface area contributed by atoms with Crippen LogP contribution >= 0.6 is 27.7 Å². The summed E-state index contributed by atoms with van der Waals surface area (Å²) in [5.41, 5.74) is 3.99. The maximum atomic E-state index is 3.72. The first-order chi connectivity index (χ1) is 10.1. The highest BCUT2D eigenvalue weighted by molar-refractivity contribution is 9.10. The average Bonchev–Trinajstić information content (AvgIpc) is 3.27. The zero-order chi connectivity index (χ0) is 14.8. The third-order valence-corrected chi connectivity index (χ3v) is 5.89. The summed E-state index contributed by atoms with van der Waals surface area (Å²) in [5.74, 6) is 0. The fourth-order valence-electron chi connectivity index (χ4n) is 2.22. The summed E-state index contributed by atoms with van der Waals surface area (Å²) in [6.45, 7) is 5.28. The van der Waals surface area contributed by atoms with E-state index in [1.54, 1.807) is 0 Å². The van der Waals surface area contributed by atoms with Gasteiger partial charge in [-0.3, -0.25) is 0 Å². The summed E-state index contributed by atoms with van der Waals surface area (Å²) in [6, 6.07) is 14.1. The van der Waals surface area contributed by atoms with Gasteiger partial charge in [0.1, 0.15) is 0 Å². The maximum absolute atomic E-state index is 3.72. The standard InChI is InChI=1S/C18H20BrNS/c1-12-3-4-13(2)18(9-12)21-17-8-5-14(10-16(17)19)11-20-15-6-7-15/h3-5,8-10,15,20H,6-7,11H2,1-2H3. The van der Waals surface area contributed by atoms with Gasteiger partial charge in [-0.05, 0) is 77.5 Å². The molecule has 2 aromatic carbocycles. The van der Waals surface area contributed by atoms with Gasteiger partial charge in [-0.1, -0.05) is 30.0 Å². The molecule has 0 aliphatic heterocycles. The van der Waals surface area contributed by atoms with Crippen molar-refractivity contribution < 1.29 is 0 Å².